The first kappa shape index (κ1) is 13.5. The topological polar surface area (TPSA) is 119 Å². The van der Waals surface area contributed by atoms with Gasteiger partial charge in [0.05, 0.1) is 19.0 Å². The number of nitrogens with two attached hydrogens (primary N) is 1. The molecule has 4 N–H and O–H groups in total. The fraction of sp³-hybridized carbons (Fsp3) is 0.545. The van der Waals surface area contributed by atoms with Crippen LogP contribution in [0.4, 0.5) is 5.82 Å². The maximum Gasteiger partial charge on any atom is 0.226 e. The van der Waals surface area contributed by atoms with Crippen LogP contribution in [0, 0.1) is 0 Å². The molecule has 0 aromatic carbocycles. The van der Waals surface area contributed by atoms with E-state index in [2.05, 4.69) is 15.0 Å². The number of hydrogen-bond donors (Lipinski definition) is 3. The molecule has 2 unspecified atom stereocenters. The summed E-state index contributed by atoms with van der Waals surface area (Å²) in [5.74, 6) is 0.202. The van der Waals surface area contributed by atoms with E-state index in [0.29, 0.717) is 24.0 Å². The lowest BCUT2D eigenvalue weighted by molar-refractivity contribution is -0.158. The van der Waals surface area contributed by atoms with E-state index in [1.807, 2.05) is 0 Å². The summed E-state index contributed by atoms with van der Waals surface area (Å²) in [6.07, 6.45) is 0.957. The number of ether oxygens (including phenoxy) is 1. The van der Waals surface area contributed by atoms with Gasteiger partial charge in [-0.1, -0.05) is 0 Å². The van der Waals surface area contributed by atoms with Crippen LogP contribution in [0.25, 0.3) is 11.2 Å². The Kier molecular flexibility index (Phi) is 3.47. The molecule has 3 atom stereocenters. The molecular formula is C11H14ClN5O3. The minimum absolute atomic E-state index is 0.0336. The van der Waals surface area contributed by atoms with Crippen LogP contribution < -0.4 is 5.73 Å². The lowest BCUT2D eigenvalue weighted by atomic mass is 10.0. The summed E-state index contributed by atoms with van der Waals surface area (Å²) in [6.45, 7) is -0.248. The van der Waals surface area contributed by atoms with Crippen LogP contribution in [0.1, 0.15) is 19.1 Å². The van der Waals surface area contributed by atoms with Crippen molar-refractivity contribution in [3.8, 4) is 0 Å². The molecule has 2 aromatic rings. The molecular weight excluding hydrogens is 286 g/mol. The largest absolute Gasteiger partial charge is 0.394 e. The minimum atomic E-state index is -0.672. The molecule has 108 valence electrons. The van der Waals surface area contributed by atoms with Gasteiger partial charge < -0.3 is 20.7 Å². The molecule has 2 aromatic heterocycles. The van der Waals surface area contributed by atoms with Gasteiger partial charge >= 0.3 is 0 Å². The highest BCUT2D eigenvalue weighted by Crippen LogP contribution is 2.30. The molecule has 0 spiro atoms. The van der Waals surface area contributed by atoms with E-state index < -0.39 is 12.2 Å². The monoisotopic (exact) mass is 299 g/mol. The van der Waals surface area contributed by atoms with Gasteiger partial charge in [-0.3, -0.25) is 4.57 Å². The zero-order valence-corrected chi connectivity index (χ0v) is 11.2. The fourth-order valence-corrected chi connectivity index (χ4v) is 2.52. The minimum Gasteiger partial charge on any atom is -0.394 e. The summed E-state index contributed by atoms with van der Waals surface area (Å²) in [4.78, 5) is 12.1. The van der Waals surface area contributed by atoms with Gasteiger partial charge in [0.25, 0.3) is 0 Å². The van der Waals surface area contributed by atoms with E-state index >= 15 is 0 Å². The zero-order chi connectivity index (χ0) is 14.3. The number of imidazole rings is 1. The third-order valence-electron chi connectivity index (χ3n) is 3.38. The summed E-state index contributed by atoms with van der Waals surface area (Å²) in [6, 6.07) is 0. The van der Waals surface area contributed by atoms with Crippen molar-refractivity contribution in [1.29, 1.82) is 0 Å². The van der Waals surface area contributed by atoms with Gasteiger partial charge in [-0.25, -0.2) is 4.98 Å². The summed E-state index contributed by atoms with van der Waals surface area (Å²) < 4.78 is 7.35. The Balaban J connectivity index is 1.98. The summed E-state index contributed by atoms with van der Waals surface area (Å²) in [5.41, 5.74) is 6.66. The maximum absolute atomic E-state index is 9.71. The summed E-state index contributed by atoms with van der Waals surface area (Å²) in [5, 5.41) is 18.9. The molecule has 8 nitrogen and oxygen atoms in total. The van der Waals surface area contributed by atoms with Crippen molar-refractivity contribution in [1.82, 2.24) is 19.5 Å². The summed E-state index contributed by atoms with van der Waals surface area (Å²) in [7, 11) is 0. The van der Waals surface area contributed by atoms with Gasteiger partial charge in [0, 0.05) is 0 Å². The second kappa shape index (κ2) is 5.13. The van der Waals surface area contributed by atoms with E-state index in [1.165, 1.54) is 0 Å². The first-order valence-corrected chi connectivity index (χ1v) is 6.58. The number of aliphatic hydroxyl groups is 2. The normalized spacial score (nSPS) is 27.1. The molecule has 0 aliphatic carbocycles. The van der Waals surface area contributed by atoms with Crippen LogP contribution in [0.15, 0.2) is 6.33 Å². The number of hydrogen-bond acceptors (Lipinski definition) is 7. The predicted molar refractivity (Wildman–Crippen MR) is 71.0 cm³/mol. The van der Waals surface area contributed by atoms with E-state index in [9.17, 15) is 10.2 Å². The van der Waals surface area contributed by atoms with Crippen molar-refractivity contribution in [2.24, 2.45) is 0 Å². The SMILES string of the molecule is Nc1nc(Cl)nc2c1ncn2C1CC[C@@H](O)C(CO)O1. The van der Waals surface area contributed by atoms with Crippen LogP contribution in [0.2, 0.25) is 5.28 Å². The first-order chi connectivity index (χ1) is 9.60. The number of nitrogens with zero attached hydrogens (tertiary/aromatic N) is 4. The number of nitrogen functional groups attached to an aromatic ring is 1. The van der Waals surface area contributed by atoms with E-state index in [4.69, 9.17) is 22.1 Å². The second-order valence-electron chi connectivity index (χ2n) is 4.66. The first-order valence-electron chi connectivity index (χ1n) is 6.20. The van der Waals surface area contributed by atoms with Gasteiger partial charge in [-0.2, -0.15) is 9.97 Å². The highest BCUT2D eigenvalue weighted by Gasteiger charge is 2.31. The zero-order valence-electron chi connectivity index (χ0n) is 10.5. The van der Waals surface area contributed by atoms with Gasteiger partial charge in [-0.15, -0.1) is 0 Å². The van der Waals surface area contributed by atoms with Crippen molar-refractivity contribution >= 4 is 28.6 Å². The van der Waals surface area contributed by atoms with Crippen LogP contribution in [-0.2, 0) is 4.74 Å². The van der Waals surface area contributed by atoms with Crippen molar-refractivity contribution in [2.45, 2.75) is 31.3 Å². The second-order valence-corrected chi connectivity index (χ2v) is 5.00. The average Bonchev–Trinajstić information content (AvgIpc) is 2.83. The molecule has 0 radical (unpaired) electrons. The van der Waals surface area contributed by atoms with Crippen LogP contribution in [-0.4, -0.2) is 48.5 Å². The van der Waals surface area contributed by atoms with Crippen molar-refractivity contribution in [3.05, 3.63) is 11.6 Å². The molecule has 0 bridgehead atoms. The van der Waals surface area contributed by atoms with Crippen molar-refractivity contribution < 1.29 is 14.9 Å². The molecule has 3 heterocycles. The fourth-order valence-electron chi connectivity index (χ4n) is 2.35. The number of aliphatic hydroxyl groups excluding tert-OH is 2. The molecule has 20 heavy (non-hydrogen) atoms. The third kappa shape index (κ3) is 2.20. The quantitative estimate of drug-likeness (QED) is 0.672. The molecule has 0 amide bonds. The Morgan fingerprint density at radius 3 is 3.00 bits per heavy atom. The highest BCUT2D eigenvalue weighted by molar-refractivity contribution is 6.28. The molecule has 1 fully saturated rings. The molecule has 3 rings (SSSR count). The third-order valence-corrected chi connectivity index (χ3v) is 3.55. The predicted octanol–water partition coefficient (Wildman–Crippen LogP) is 0.0927. The van der Waals surface area contributed by atoms with Crippen LogP contribution in [0.3, 0.4) is 0 Å². The number of aromatic nitrogens is 4. The van der Waals surface area contributed by atoms with Gasteiger partial charge in [0.2, 0.25) is 5.28 Å². The van der Waals surface area contributed by atoms with Crippen molar-refractivity contribution in [2.75, 3.05) is 12.3 Å². The van der Waals surface area contributed by atoms with Gasteiger partial charge in [0.15, 0.2) is 11.5 Å². The molecule has 1 aliphatic heterocycles. The van der Waals surface area contributed by atoms with E-state index in [1.54, 1.807) is 10.9 Å². The van der Waals surface area contributed by atoms with Gasteiger partial charge in [-0.05, 0) is 24.4 Å². The Bertz CT molecular complexity index is 634. The molecule has 0 saturated carbocycles. The number of rotatable bonds is 2. The van der Waals surface area contributed by atoms with E-state index in [0.717, 1.165) is 0 Å². The molecule has 1 saturated heterocycles. The number of fused-ring (bicyclic) bond motifs is 1. The standard InChI is InChI=1S/C11H14ClN5O3/c12-11-15-9(13)8-10(16-11)17(4-14-8)7-2-1-5(19)6(3-18)20-7/h4-7,18-19H,1-3H2,(H2,13,15,16)/t5-,6?,7?/m1/s1. The number of halogens is 1. The smallest absolute Gasteiger partial charge is 0.226 e. The molecule has 1 aliphatic rings. The lowest BCUT2D eigenvalue weighted by Crippen LogP contribution is -2.39. The van der Waals surface area contributed by atoms with Crippen molar-refractivity contribution in [3.63, 3.8) is 0 Å². The maximum atomic E-state index is 9.71. The van der Waals surface area contributed by atoms with E-state index in [-0.39, 0.29) is 23.9 Å². The van der Waals surface area contributed by atoms with Crippen LogP contribution in [0.5, 0.6) is 0 Å². The Hall–Kier alpha value is -1.48. The Morgan fingerprint density at radius 2 is 2.25 bits per heavy atom. The average molecular weight is 300 g/mol. The highest BCUT2D eigenvalue weighted by atomic mass is 35.5. The lowest BCUT2D eigenvalue weighted by Gasteiger charge is -2.33. The van der Waals surface area contributed by atoms with Crippen LogP contribution >= 0.6 is 11.6 Å². The van der Waals surface area contributed by atoms with Gasteiger partial charge in [0.1, 0.15) is 17.8 Å². The summed E-state index contributed by atoms with van der Waals surface area (Å²) >= 11 is 5.81. The Labute approximate surface area is 119 Å². The molecule has 9 heteroatoms. The number of anilines is 1. The Morgan fingerprint density at radius 1 is 1.45 bits per heavy atom.